The average molecular weight is 370 g/mol. The van der Waals surface area contributed by atoms with E-state index in [4.69, 9.17) is 4.55 Å². The number of benzene rings is 2. The largest absolute Gasteiger partial charge is 0.294 e. The fraction of sp³-hybridized carbons (Fsp3) is 0. The molecule has 0 aliphatic heterocycles. The minimum Gasteiger partial charge on any atom is -0.288 e. The number of rotatable bonds is 4. The molecule has 0 atom stereocenters. The van der Waals surface area contributed by atoms with E-state index in [1.807, 2.05) is 24.3 Å². The van der Waals surface area contributed by atoms with E-state index < -0.39 is 10.1 Å². The number of nitrogens with zero attached hydrogens (tertiary/aromatic N) is 3. The van der Waals surface area contributed by atoms with Crippen LogP contribution in [0.1, 0.15) is 0 Å². The molecule has 0 unspecified atom stereocenters. The standard InChI is InChI=1S/C14H11N3O3S2.ClH/c18-22(19,20)14-7-5-13(6-8-14)21-12-3-1-11(2-4-12)17-9-15-16-10-17;/h1-10H,(H,18,19,20);1H. The molecule has 0 fully saturated rings. The van der Waals surface area contributed by atoms with Crippen molar-refractivity contribution in [2.75, 3.05) is 0 Å². The Morgan fingerprint density at radius 3 is 1.83 bits per heavy atom. The monoisotopic (exact) mass is 369 g/mol. The fourth-order valence-electron chi connectivity index (χ4n) is 1.84. The van der Waals surface area contributed by atoms with Gasteiger partial charge in [0.1, 0.15) is 12.7 Å². The minimum atomic E-state index is -4.15. The second-order valence-corrected chi connectivity index (χ2v) is 6.98. The van der Waals surface area contributed by atoms with Gasteiger partial charge in [0.05, 0.1) is 4.90 Å². The normalized spacial score (nSPS) is 11.0. The van der Waals surface area contributed by atoms with E-state index in [0.29, 0.717) is 0 Å². The maximum Gasteiger partial charge on any atom is 0.294 e. The lowest BCUT2D eigenvalue weighted by Gasteiger charge is -2.05. The molecule has 1 heterocycles. The van der Waals surface area contributed by atoms with Crippen LogP contribution in [0.4, 0.5) is 0 Å². The van der Waals surface area contributed by atoms with Crippen LogP contribution in [0.5, 0.6) is 0 Å². The van der Waals surface area contributed by atoms with Gasteiger partial charge in [-0.3, -0.25) is 9.12 Å². The van der Waals surface area contributed by atoms with Gasteiger partial charge in [0.25, 0.3) is 10.1 Å². The zero-order valence-electron chi connectivity index (χ0n) is 11.6. The summed E-state index contributed by atoms with van der Waals surface area (Å²) in [6.45, 7) is 0. The first kappa shape index (κ1) is 17.5. The fourth-order valence-corrected chi connectivity index (χ4v) is 3.13. The van der Waals surface area contributed by atoms with E-state index in [-0.39, 0.29) is 17.3 Å². The van der Waals surface area contributed by atoms with Crippen LogP contribution in [0.3, 0.4) is 0 Å². The van der Waals surface area contributed by atoms with Crippen molar-refractivity contribution in [3.63, 3.8) is 0 Å². The second-order valence-electron chi connectivity index (χ2n) is 4.41. The molecule has 23 heavy (non-hydrogen) atoms. The van der Waals surface area contributed by atoms with Crippen LogP contribution < -0.4 is 0 Å². The maximum atomic E-state index is 11.0. The maximum absolute atomic E-state index is 11.0. The highest BCUT2D eigenvalue weighted by Crippen LogP contribution is 2.29. The zero-order chi connectivity index (χ0) is 15.6. The van der Waals surface area contributed by atoms with E-state index in [0.717, 1.165) is 15.5 Å². The summed E-state index contributed by atoms with van der Waals surface area (Å²) in [5, 5.41) is 7.51. The molecule has 3 rings (SSSR count). The lowest BCUT2D eigenvalue weighted by atomic mass is 10.3. The van der Waals surface area contributed by atoms with Crippen LogP contribution in [-0.4, -0.2) is 27.7 Å². The highest BCUT2D eigenvalue weighted by atomic mass is 35.5. The number of aromatic nitrogens is 3. The van der Waals surface area contributed by atoms with Crippen LogP contribution >= 0.6 is 24.2 Å². The van der Waals surface area contributed by atoms with E-state index in [1.54, 1.807) is 29.4 Å². The third-order valence-corrected chi connectivity index (χ3v) is 4.79. The summed E-state index contributed by atoms with van der Waals surface area (Å²) in [7, 11) is -4.15. The molecule has 0 saturated heterocycles. The third-order valence-electron chi connectivity index (χ3n) is 2.91. The van der Waals surface area contributed by atoms with Crippen molar-refractivity contribution < 1.29 is 13.0 Å². The van der Waals surface area contributed by atoms with Gasteiger partial charge in [-0.1, -0.05) is 11.8 Å². The first-order valence-corrected chi connectivity index (χ1v) is 8.48. The number of halogens is 1. The quantitative estimate of drug-likeness (QED) is 0.711. The highest BCUT2D eigenvalue weighted by Gasteiger charge is 2.08. The van der Waals surface area contributed by atoms with Crippen LogP contribution in [-0.2, 0) is 10.1 Å². The minimum absolute atomic E-state index is 0. The van der Waals surface area contributed by atoms with E-state index in [2.05, 4.69) is 10.2 Å². The van der Waals surface area contributed by atoms with Gasteiger partial charge in [0, 0.05) is 15.5 Å². The molecule has 0 aliphatic carbocycles. The molecule has 0 amide bonds. The highest BCUT2D eigenvalue weighted by molar-refractivity contribution is 7.99. The Kier molecular flexibility index (Phi) is 5.42. The van der Waals surface area contributed by atoms with E-state index in [9.17, 15) is 8.42 Å². The van der Waals surface area contributed by atoms with Gasteiger partial charge < -0.3 is 0 Å². The van der Waals surface area contributed by atoms with Gasteiger partial charge in [0.15, 0.2) is 0 Å². The van der Waals surface area contributed by atoms with Gasteiger partial charge in [-0.25, -0.2) is 0 Å². The van der Waals surface area contributed by atoms with E-state index >= 15 is 0 Å². The molecule has 1 N–H and O–H groups in total. The topological polar surface area (TPSA) is 85.1 Å². The molecule has 0 aliphatic rings. The predicted molar refractivity (Wildman–Crippen MR) is 89.0 cm³/mol. The summed E-state index contributed by atoms with van der Waals surface area (Å²) in [4.78, 5) is 1.78. The van der Waals surface area contributed by atoms with Gasteiger partial charge in [-0.15, -0.1) is 22.6 Å². The van der Waals surface area contributed by atoms with Gasteiger partial charge in [0.2, 0.25) is 0 Å². The summed E-state index contributed by atoms with van der Waals surface area (Å²) in [6, 6.07) is 13.9. The van der Waals surface area contributed by atoms with Crippen molar-refractivity contribution in [3.8, 4) is 5.69 Å². The number of hydrogen-bond donors (Lipinski definition) is 1. The average Bonchev–Trinajstić information content (AvgIpc) is 3.02. The Morgan fingerprint density at radius 1 is 0.870 bits per heavy atom. The van der Waals surface area contributed by atoms with Crippen molar-refractivity contribution in [2.24, 2.45) is 0 Å². The van der Waals surface area contributed by atoms with Crippen molar-refractivity contribution in [3.05, 3.63) is 61.2 Å². The zero-order valence-corrected chi connectivity index (χ0v) is 14.1. The van der Waals surface area contributed by atoms with Crippen LogP contribution in [0.15, 0.2) is 75.9 Å². The number of hydrogen-bond acceptors (Lipinski definition) is 5. The van der Waals surface area contributed by atoms with Crippen LogP contribution in [0, 0.1) is 0 Å². The first-order valence-electron chi connectivity index (χ1n) is 6.23. The lowest BCUT2D eigenvalue weighted by Crippen LogP contribution is -1.96. The predicted octanol–water partition coefficient (Wildman–Crippen LogP) is 3.09. The third kappa shape index (κ3) is 4.32. The van der Waals surface area contributed by atoms with Crippen LogP contribution in [0.25, 0.3) is 5.69 Å². The molecule has 3 aromatic rings. The Hall–Kier alpha value is -1.87. The Balaban J connectivity index is 0.00000192. The summed E-state index contributed by atoms with van der Waals surface area (Å²) < 4.78 is 32.7. The van der Waals surface area contributed by atoms with Crippen molar-refractivity contribution in [2.45, 2.75) is 14.7 Å². The Morgan fingerprint density at radius 2 is 1.35 bits per heavy atom. The molecule has 0 radical (unpaired) electrons. The van der Waals surface area contributed by atoms with Crippen molar-refractivity contribution in [1.82, 2.24) is 14.8 Å². The van der Waals surface area contributed by atoms with Gasteiger partial charge in [-0.2, -0.15) is 8.42 Å². The molecular formula is C14H12ClN3O3S2. The van der Waals surface area contributed by atoms with Gasteiger partial charge in [-0.05, 0) is 48.5 Å². The smallest absolute Gasteiger partial charge is 0.288 e. The van der Waals surface area contributed by atoms with Crippen LogP contribution in [0.2, 0.25) is 0 Å². The molecule has 1 aromatic heterocycles. The van der Waals surface area contributed by atoms with Crippen molar-refractivity contribution >= 4 is 34.3 Å². The summed E-state index contributed by atoms with van der Waals surface area (Å²) in [6.07, 6.45) is 3.24. The summed E-state index contributed by atoms with van der Waals surface area (Å²) >= 11 is 1.50. The molecule has 120 valence electrons. The first-order chi connectivity index (χ1) is 10.5. The Labute approximate surface area is 143 Å². The molecule has 9 heteroatoms. The Bertz CT molecular complexity index is 865. The molecule has 6 nitrogen and oxygen atoms in total. The molecule has 0 saturated carbocycles. The summed E-state index contributed by atoms with van der Waals surface area (Å²) in [5.74, 6) is 0. The van der Waals surface area contributed by atoms with E-state index in [1.165, 1.54) is 23.9 Å². The SMILES string of the molecule is Cl.O=S(=O)(O)c1ccc(Sc2ccc(-n3cnnc3)cc2)cc1. The molecule has 2 aromatic carbocycles. The lowest BCUT2D eigenvalue weighted by molar-refractivity contribution is 0.483. The second kappa shape index (κ2) is 7.14. The summed E-state index contributed by atoms with van der Waals surface area (Å²) in [5.41, 5.74) is 0.955. The molecule has 0 spiro atoms. The molecular weight excluding hydrogens is 358 g/mol. The van der Waals surface area contributed by atoms with Crippen molar-refractivity contribution in [1.29, 1.82) is 0 Å². The van der Waals surface area contributed by atoms with Gasteiger partial charge >= 0.3 is 0 Å². The molecule has 0 bridgehead atoms.